The number of hydrogen-bond donors (Lipinski definition) is 2. The number of nitrogens with two attached hydrogens (primary N) is 1. The second-order valence-electron chi connectivity index (χ2n) is 6.21. The lowest BCUT2D eigenvalue weighted by atomic mass is 10.0. The summed E-state index contributed by atoms with van der Waals surface area (Å²) in [5.41, 5.74) is 9.74. The van der Waals surface area contributed by atoms with Crippen LogP contribution >= 0.6 is 0 Å². The molecule has 0 fully saturated rings. The molecule has 0 radical (unpaired) electrons. The van der Waals surface area contributed by atoms with Gasteiger partial charge < -0.3 is 11.1 Å². The molecular formula is C22H20N2O2. The van der Waals surface area contributed by atoms with E-state index >= 15 is 0 Å². The number of benzene rings is 3. The molecule has 3 aromatic carbocycles. The minimum atomic E-state index is -0.178. The molecule has 0 heterocycles. The van der Waals surface area contributed by atoms with Crippen LogP contribution in [0.25, 0.3) is 0 Å². The van der Waals surface area contributed by atoms with Crippen LogP contribution in [0.5, 0.6) is 0 Å². The van der Waals surface area contributed by atoms with E-state index in [1.807, 2.05) is 37.3 Å². The third-order valence-electron chi connectivity index (χ3n) is 4.05. The molecule has 0 aromatic heterocycles. The smallest absolute Gasteiger partial charge is 0.228 e. The lowest BCUT2D eigenvalue weighted by Crippen LogP contribution is -2.17. The summed E-state index contributed by atoms with van der Waals surface area (Å²) in [5, 5.41) is 2.84. The van der Waals surface area contributed by atoms with Crippen molar-refractivity contribution < 1.29 is 9.59 Å². The highest BCUT2D eigenvalue weighted by molar-refractivity contribution is 6.14. The Morgan fingerprint density at radius 2 is 1.69 bits per heavy atom. The molecule has 0 aliphatic heterocycles. The third-order valence-corrected chi connectivity index (χ3v) is 4.05. The molecule has 1 amide bonds. The number of anilines is 2. The first kappa shape index (κ1) is 17.4. The van der Waals surface area contributed by atoms with Gasteiger partial charge in [-0.2, -0.15) is 0 Å². The first-order chi connectivity index (χ1) is 12.5. The van der Waals surface area contributed by atoms with Crippen molar-refractivity contribution in [2.45, 2.75) is 13.3 Å². The Kier molecular flexibility index (Phi) is 5.13. The van der Waals surface area contributed by atoms with Gasteiger partial charge in [-0.05, 0) is 30.7 Å². The van der Waals surface area contributed by atoms with E-state index in [2.05, 4.69) is 5.32 Å². The molecule has 0 atom stereocenters. The van der Waals surface area contributed by atoms with E-state index in [4.69, 9.17) is 5.73 Å². The number of ketones is 1. The first-order valence-corrected chi connectivity index (χ1v) is 8.37. The maximum absolute atomic E-state index is 12.8. The largest absolute Gasteiger partial charge is 0.399 e. The van der Waals surface area contributed by atoms with Crippen LogP contribution in [0, 0.1) is 6.92 Å². The van der Waals surface area contributed by atoms with Crippen LogP contribution in [0.4, 0.5) is 11.4 Å². The summed E-state index contributed by atoms with van der Waals surface area (Å²) in [7, 11) is 0. The van der Waals surface area contributed by atoms with Gasteiger partial charge >= 0.3 is 0 Å². The number of nitrogen functional groups attached to an aromatic ring is 1. The molecule has 3 rings (SSSR count). The summed E-state index contributed by atoms with van der Waals surface area (Å²) in [6.07, 6.45) is 0.241. The van der Waals surface area contributed by atoms with Crippen LogP contribution in [-0.4, -0.2) is 11.7 Å². The molecule has 3 aromatic rings. The fraction of sp³-hybridized carbons (Fsp3) is 0.0909. The normalized spacial score (nSPS) is 10.3. The number of amides is 1. The summed E-state index contributed by atoms with van der Waals surface area (Å²) in [4.78, 5) is 25.2. The van der Waals surface area contributed by atoms with Crippen molar-refractivity contribution in [1.82, 2.24) is 0 Å². The Balaban J connectivity index is 1.84. The van der Waals surface area contributed by atoms with Crippen molar-refractivity contribution >= 4 is 23.1 Å². The van der Waals surface area contributed by atoms with Gasteiger partial charge in [-0.3, -0.25) is 9.59 Å². The Hall–Kier alpha value is -3.40. The van der Waals surface area contributed by atoms with Crippen LogP contribution < -0.4 is 11.1 Å². The number of carbonyl (C=O) groups is 2. The summed E-state index contributed by atoms with van der Waals surface area (Å²) in [6, 6.07) is 21.6. The molecular weight excluding hydrogens is 324 g/mol. The summed E-state index contributed by atoms with van der Waals surface area (Å²) in [6.45, 7) is 1.98. The predicted octanol–water partition coefficient (Wildman–Crippen LogP) is 3.99. The van der Waals surface area contributed by atoms with E-state index in [0.29, 0.717) is 22.5 Å². The van der Waals surface area contributed by atoms with Gasteiger partial charge in [0.2, 0.25) is 5.91 Å². The summed E-state index contributed by atoms with van der Waals surface area (Å²) < 4.78 is 0. The number of carbonyl (C=O) groups excluding carboxylic acids is 2. The van der Waals surface area contributed by atoms with E-state index in [0.717, 1.165) is 11.1 Å². The van der Waals surface area contributed by atoms with Crippen molar-refractivity contribution in [1.29, 1.82) is 0 Å². The fourth-order valence-corrected chi connectivity index (χ4v) is 2.81. The molecule has 0 saturated carbocycles. The number of aryl methyl sites for hydroxylation is 1. The SMILES string of the molecule is Cc1cccc(CC(=O)Nc2ccc(N)cc2C(=O)c2ccccc2)c1. The molecule has 4 nitrogen and oxygen atoms in total. The molecule has 3 N–H and O–H groups in total. The molecule has 4 heteroatoms. The minimum absolute atomic E-state index is 0.177. The van der Waals surface area contributed by atoms with Gasteiger partial charge in [-0.1, -0.05) is 60.2 Å². The van der Waals surface area contributed by atoms with Crippen molar-refractivity contribution in [3.05, 3.63) is 95.1 Å². The first-order valence-electron chi connectivity index (χ1n) is 8.37. The Morgan fingerprint density at radius 1 is 0.923 bits per heavy atom. The maximum Gasteiger partial charge on any atom is 0.228 e. The van der Waals surface area contributed by atoms with Gasteiger partial charge in [0.05, 0.1) is 12.1 Å². The zero-order valence-electron chi connectivity index (χ0n) is 14.5. The molecule has 26 heavy (non-hydrogen) atoms. The van der Waals surface area contributed by atoms with Gasteiger partial charge in [0, 0.05) is 16.8 Å². The van der Waals surface area contributed by atoms with Crippen LogP contribution in [0.2, 0.25) is 0 Å². The van der Waals surface area contributed by atoms with E-state index in [9.17, 15) is 9.59 Å². The maximum atomic E-state index is 12.8. The Morgan fingerprint density at radius 3 is 2.42 bits per heavy atom. The Bertz CT molecular complexity index is 949. The molecule has 130 valence electrons. The molecule has 0 aliphatic carbocycles. The van der Waals surface area contributed by atoms with Gasteiger partial charge in [0.15, 0.2) is 5.78 Å². The average molecular weight is 344 g/mol. The van der Waals surface area contributed by atoms with E-state index < -0.39 is 0 Å². The zero-order chi connectivity index (χ0) is 18.5. The zero-order valence-corrected chi connectivity index (χ0v) is 14.5. The number of rotatable bonds is 5. The van der Waals surface area contributed by atoms with Gasteiger partial charge in [-0.15, -0.1) is 0 Å². The topological polar surface area (TPSA) is 72.2 Å². The van der Waals surface area contributed by atoms with Crippen LogP contribution in [0.1, 0.15) is 27.0 Å². The monoisotopic (exact) mass is 344 g/mol. The molecule has 0 saturated heterocycles. The van der Waals surface area contributed by atoms with Crippen molar-refractivity contribution in [2.24, 2.45) is 0 Å². The van der Waals surface area contributed by atoms with Gasteiger partial charge in [0.1, 0.15) is 0 Å². The Labute approximate surface area is 152 Å². The van der Waals surface area contributed by atoms with Crippen molar-refractivity contribution in [3.63, 3.8) is 0 Å². The quantitative estimate of drug-likeness (QED) is 0.543. The van der Waals surface area contributed by atoms with E-state index in [1.54, 1.807) is 42.5 Å². The average Bonchev–Trinajstić information content (AvgIpc) is 2.63. The van der Waals surface area contributed by atoms with Crippen LogP contribution in [-0.2, 0) is 11.2 Å². The summed E-state index contributed by atoms with van der Waals surface area (Å²) >= 11 is 0. The predicted molar refractivity (Wildman–Crippen MR) is 104 cm³/mol. The number of hydrogen-bond acceptors (Lipinski definition) is 3. The highest BCUT2D eigenvalue weighted by atomic mass is 16.1. The summed E-state index contributed by atoms with van der Waals surface area (Å²) in [5.74, 6) is -0.355. The highest BCUT2D eigenvalue weighted by Gasteiger charge is 2.16. The van der Waals surface area contributed by atoms with E-state index in [-0.39, 0.29) is 18.1 Å². The standard InChI is InChI=1S/C22H20N2O2/c1-15-6-5-7-16(12-15)13-21(25)24-20-11-10-18(23)14-19(20)22(26)17-8-3-2-4-9-17/h2-12,14H,13,23H2,1H3,(H,24,25). The molecule has 0 unspecified atom stereocenters. The van der Waals surface area contributed by atoms with E-state index in [1.165, 1.54) is 0 Å². The third kappa shape index (κ3) is 4.16. The van der Waals surface area contributed by atoms with Gasteiger partial charge in [-0.25, -0.2) is 0 Å². The molecule has 0 spiro atoms. The lowest BCUT2D eigenvalue weighted by Gasteiger charge is -2.12. The van der Waals surface area contributed by atoms with Crippen LogP contribution in [0.3, 0.4) is 0 Å². The lowest BCUT2D eigenvalue weighted by molar-refractivity contribution is -0.115. The minimum Gasteiger partial charge on any atom is -0.399 e. The molecule has 0 aliphatic rings. The van der Waals surface area contributed by atoms with Crippen molar-refractivity contribution in [2.75, 3.05) is 11.1 Å². The second-order valence-corrected chi connectivity index (χ2v) is 6.21. The van der Waals surface area contributed by atoms with Gasteiger partial charge in [0.25, 0.3) is 0 Å². The number of nitrogens with one attached hydrogen (secondary N) is 1. The van der Waals surface area contributed by atoms with Crippen LogP contribution in [0.15, 0.2) is 72.8 Å². The highest BCUT2D eigenvalue weighted by Crippen LogP contribution is 2.23. The molecule has 0 bridgehead atoms. The fourth-order valence-electron chi connectivity index (χ4n) is 2.81. The second kappa shape index (κ2) is 7.66. The van der Waals surface area contributed by atoms with Crippen molar-refractivity contribution in [3.8, 4) is 0 Å².